The van der Waals surface area contributed by atoms with Crippen LogP contribution in [0.15, 0.2) is 29.2 Å². The Balaban J connectivity index is 2.23. The maximum Gasteiger partial charge on any atom is 0.177 e. The number of aliphatic hydroxyl groups is 1. The van der Waals surface area contributed by atoms with Crippen molar-refractivity contribution in [1.82, 2.24) is 0 Å². The van der Waals surface area contributed by atoms with Crippen molar-refractivity contribution in [2.45, 2.75) is 30.3 Å². The van der Waals surface area contributed by atoms with Crippen LogP contribution in [-0.4, -0.2) is 38.5 Å². The second-order valence-electron chi connectivity index (χ2n) is 5.07. The third-order valence-electron chi connectivity index (χ3n) is 3.29. The van der Waals surface area contributed by atoms with Crippen LogP contribution in [0.5, 0.6) is 0 Å². The maximum absolute atomic E-state index is 11.7. The van der Waals surface area contributed by atoms with E-state index in [0.29, 0.717) is 23.7 Å². The van der Waals surface area contributed by atoms with Gasteiger partial charge in [0.25, 0.3) is 0 Å². The van der Waals surface area contributed by atoms with Gasteiger partial charge in [0, 0.05) is 19.3 Å². The summed E-state index contributed by atoms with van der Waals surface area (Å²) >= 11 is 0. The number of sulfone groups is 1. The van der Waals surface area contributed by atoms with E-state index >= 15 is 0 Å². The molecule has 1 aliphatic heterocycles. The van der Waals surface area contributed by atoms with Gasteiger partial charge in [0.15, 0.2) is 9.84 Å². The fraction of sp³-hybridized carbons (Fsp3) is 0.538. The minimum absolute atomic E-state index is 0.337. The number of hydrogen-bond donors (Lipinski definition) is 1. The number of para-hydroxylation sites is 1. The van der Waals surface area contributed by atoms with E-state index in [4.69, 9.17) is 0 Å². The molecule has 2 rings (SSSR count). The van der Waals surface area contributed by atoms with E-state index in [1.54, 1.807) is 18.2 Å². The number of anilines is 1. The first-order valence-electron chi connectivity index (χ1n) is 6.12. The van der Waals surface area contributed by atoms with Crippen molar-refractivity contribution in [3.8, 4) is 0 Å². The molecular formula is C13H19NO3S. The van der Waals surface area contributed by atoms with Gasteiger partial charge in [0.2, 0.25) is 0 Å². The van der Waals surface area contributed by atoms with E-state index in [9.17, 15) is 13.5 Å². The van der Waals surface area contributed by atoms with Gasteiger partial charge in [-0.15, -0.1) is 0 Å². The molecule has 0 atom stereocenters. The van der Waals surface area contributed by atoms with Crippen LogP contribution in [0.1, 0.15) is 19.8 Å². The van der Waals surface area contributed by atoms with Crippen molar-refractivity contribution < 1.29 is 13.5 Å². The molecule has 1 aromatic carbocycles. The Morgan fingerprint density at radius 1 is 1.33 bits per heavy atom. The number of hydrogen-bond acceptors (Lipinski definition) is 4. The zero-order valence-corrected chi connectivity index (χ0v) is 11.6. The Hall–Kier alpha value is -1.07. The van der Waals surface area contributed by atoms with Crippen LogP contribution in [0.2, 0.25) is 0 Å². The molecule has 1 fully saturated rings. The van der Waals surface area contributed by atoms with Gasteiger partial charge in [0.1, 0.15) is 0 Å². The summed E-state index contributed by atoms with van der Waals surface area (Å²) in [4.78, 5) is 2.26. The molecule has 1 aliphatic rings. The highest BCUT2D eigenvalue weighted by Crippen LogP contribution is 2.34. The zero-order valence-electron chi connectivity index (χ0n) is 10.8. The molecular weight excluding hydrogens is 250 g/mol. The molecule has 0 aromatic heterocycles. The molecule has 4 nitrogen and oxygen atoms in total. The van der Waals surface area contributed by atoms with Gasteiger partial charge in [-0.25, -0.2) is 8.42 Å². The minimum Gasteiger partial charge on any atom is -0.386 e. The van der Waals surface area contributed by atoms with E-state index < -0.39 is 15.4 Å². The van der Waals surface area contributed by atoms with Gasteiger partial charge in [-0.3, -0.25) is 0 Å². The smallest absolute Gasteiger partial charge is 0.177 e. The van der Waals surface area contributed by atoms with E-state index in [1.807, 2.05) is 17.9 Å². The largest absolute Gasteiger partial charge is 0.386 e. The van der Waals surface area contributed by atoms with Gasteiger partial charge in [-0.1, -0.05) is 25.5 Å². The topological polar surface area (TPSA) is 57.6 Å². The predicted octanol–water partition coefficient (Wildman–Crippen LogP) is 1.44. The molecule has 0 bridgehead atoms. The first kappa shape index (κ1) is 13.4. The molecule has 0 unspecified atom stereocenters. The lowest BCUT2D eigenvalue weighted by Gasteiger charge is -2.48. The average molecular weight is 269 g/mol. The van der Waals surface area contributed by atoms with Gasteiger partial charge in [-0.2, -0.15) is 0 Å². The van der Waals surface area contributed by atoms with Gasteiger partial charge < -0.3 is 10.0 Å². The van der Waals surface area contributed by atoms with E-state index in [2.05, 4.69) is 0 Å². The van der Waals surface area contributed by atoms with Crippen molar-refractivity contribution in [2.75, 3.05) is 24.2 Å². The molecule has 0 radical (unpaired) electrons. The maximum atomic E-state index is 11.7. The van der Waals surface area contributed by atoms with Crippen molar-refractivity contribution in [1.29, 1.82) is 0 Å². The molecule has 5 heteroatoms. The molecule has 1 aromatic rings. The molecule has 1 heterocycles. The standard InChI is InChI=1S/C13H19NO3S/c1-3-8-13(15)9-14(10-13)11-6-4-5-7-12(11)18(2,16)17/h4-7,15H,3,8-10H2,1-2H3. The van der Waals surface area contributed by atoms with Crippen molar-refractivity contribution in [3.05, 3.63) is 24.3 Å². The van der Waals surface area contributed by atoms with Crippen LogP contribution < -0.4 is 4.90 Å². The summed E-state index contributed by atoms with van der Waals surface area (Å²) in [7, 11) is -3.23. The number of β-amino-alcohol motifs (C(OH)–C–C–N with tert-alkyl or cyclic N) is 1. The van der Waals surface area contributed by atoms with Crippen LogP contribution in [0.3, 0.4) is 0 Å². The summed E-state index contributed by atoms with van der Waals surface area (Å²) in [6.45, 7) is 3.05. The lowest BCUT2D eigenvalue weighted by molar-refractivity contribution is 0.00311. The highest BCUT2D eigenvalue weighted by atomic mass is 32.2. The average Bonchev–Trinajstić information content (AvgIpc) is 2.25. The van der Waals surface area contributed by atoms with E-state index in [1.165, 1.54) is 6.26 Å². The molecule has 18 heavy (non-hydrogen) atoms. The molecule has 0 aliphatic carbocycles. The fourth-order valence-corrected chi connectivity index (χ4v) is 3.39. The monoisotopic (exact) mass is 269 g/mol. The Morgan fingerprint density at radius 3 is 2.50 bits per heavy atom. The second-order valence-corrected chi connectivity index (χ2v) is 7.05. The van der Waals surface area contributed by atoms with Crippen LogP contribution >= 0.6 is 0 Å². The molecule has 0 saturated carbocycles. The van der Waals surface area contributed by atoms with Gasteiger partial charge in [0.05, 0.1) is 16.2 Å². The van der Waals surface area contributed by atoms with E-state index in [0.717, 1.165) is 12.8 Å². The van der Waals surface area contributed by atoms with Crippen molar-refractivity contribution >= 4 is 15.5 Å². The highest BCUT2D eigenvalue weighted by Gasteiger charge is 2.41. The van der Waals surface area contributed by atoms with Gasteiger partial charge >= 0.3 is 0 Å². The van der Waals surface area contributed by atoms with E-state index in [-0.39, 0.29) is 0 Å². The van der Waals surface area contributed by atoms with Gasteiger partial charge in [-0.05, 0) is 18.6 Å². The summed E-state index contributed by atoms with van der Waals surface area (Å²) in [5.74, 6) is 0. The zero-order chi connectivity index (χ0) is 13.4. The Labute approximate surface area is 108 Å². The highest BCUT2D eigenvalue weighted by molar-refractivity contribution is 7.90. The third kappa shape index (κ3) is 2.52. The Kier molecular flexibility index (Phi) is 3.38. The summed E-state index contributed by atoms with van der Waals surface area (Å²) in [5, 5.41) is 10.1. The van der Waals surface area contributed by atoms with Crippen molar-refractivity contribution in [2.24, 2.45) is 0 Å². The SMILES string of the molecule is CCCC1(O)CN(c2ccccc2S(C)(=O)=O)C1. The lowest BCUT2D eigenvalue weighted by Crippen LogP contribution is -2.62. The quantitative estimate of drug-likeness (QED) is 0.898. The van der Waals surface area contributed by atoms with Crippen LogP contribution in [0.4, 0.5) is 5.69 Å². The van der Waals surface area contributed by atoms with Crippen LogP contribution in [0, 0.1) is 0 Å². The predicted molar refractivity (Wildman–Crippen MR) is 71.6 cm³/mol. The second kappa shape index (κ2) is 4.55. The Morgan fingerprint density at radius 2 is 1.94 bits per heavy atom. The summed E-state index contributed by atoms with van der Waals surface area (Å²) in [6, 6.07) is 6.95. The molecule has 0 spiro atoms. The summed E-state index contributed by atoms with van der Waals surface area (Å²) < 4.78 is 23.4. The number of benzene rings is 1. The van der Waals surface area contributed by atoms with Crippen LogP contribution in [-0.2, 0) is 9.84 Å². The normalized spacial score (nSPS) is 18.5. The first-order valence-corrected chi connectivity index (χ1v) is 8.01. The summed E-state index contributed by atoms with van der Waals surface area (Å²) in [6.07, 6.45) is 2.90. The third-order valence-corrected chi connectivity index (χ3v) is 4.44. The fourth-order valence-electron chi connectivity index (χ4n) is 2.49. The lowest BCUT2D eigenvalue weighted by atomic mass is 9.89. The first-order chi connectivity index (χ1) is 8.36. The summed E-state index contributed by atoms with van der Waals surface area (Å²) in [5.41, 5.74) is 0.0418. The van der Waals surface area contributed by atoms with Crippen molar-refractivity contribution in [3.63, 3.8) is 0 Å². The molecule has 1 saturated heterocycles. The number of nitrogens with zero attached hydrogens (tertiary/aromatic N) is 1. The minimum atomic E-state index is -3.23. The molecule has 0 amide bonds. The van der Waals surface area contributed by atoms with Crippen LogP contribution in [0.25, 0.3) is 0 Å². The Bertz CT molecular complexity index is 533. The molecule has 1 N–H and O–H groups in total. The molecule has 100 valence electrons. The number of rotatable bonds is 4.